The fourth-order valence-electron chi connectivity index (χ4n) is 2.71. The number of ether oxygens (including phenoxy) is 1. The summed E-state index contributed by atoms with van der Waals surface area (Å²) < 4.78 is 32.7. The maximum atomic E-state index is 12.9. The molecule has 2 rings (SSSR count). The van der Waals surface area contributed by atoms with Gasteiger partial charge in [0.25, 0.3) is 0 Å². The monoisotopic (exact) mass is 312 g/mol. The summed E-state index contributed by atoms with van der Waals surface area (Å²) in [5.74, 6) is 0. The van der Waals surface area contributed by atoms with Gasteiger partial charge in [0.05, 0.1) is 11.0 Å². The van der Waals surface area contributed by atoms with Crippen LogP contribution >= 0.6 is 0 Å². The van der Waals surface area contributed by atoms with E-state index in [2.05, 4.69) is 0 Å². The zero-order valence-electron chi connectivity index (χ0n) is 12.7. The van der Waals surface area contributed by atoms with E-state index in [0.29, 0.717) is 31.0 Å². The predicted octanol–water partition coefficient (Wildman–Crippen LogP) is 1.51. The second-order valence-electron chi connectivity index (χ2n) is 5.36. The number of hydrogen-bond donors (Lipinski definition) is 1. The van der Waals surface area contributed by atoms with Gasteiger partial charge in [-0.3, -0.25) is 0 Å². The molecular weight excluding hydrogens is 288 g/mol. The third-order valence-electron chi connectivity index (χ3n) is 4.04. The topological polar surface area (TPSA) is 72.6 Å². The first-order valence-corrected chi connectivity index (χ1v) is 8.81. The van der Waals surface area contributed by atoms with Gasteiger partial charge in [0, 0.05) is 26.7 Å². The molecule has 0 saturated carbocycles. The van der Waals surface area contributed by atoms with Gasteiger partial charge >= 0.3 is 0 Å². The standard InChI is InChI=1S/C15H24N2O3S/c1-3-13-7-6-12(10-16)9-15(13)21(18,19)17-8-4-5-14(11-17)20-2/h6-7,9,14H,3-5,8,10-11,16H2,1-2H3. The van der Waals surface area contributed by atoms with Crippen LogP contribution in [0.15, 0.2) is 23.1 Å². The molecule has 1 fully saturated rings. The zero-order valence-corrected chi connectivity index (χ0v) is 13.5. The van der Waals surface area contributed by atoms with Gasteiger partial charge in [-0.25, -0.2) is 8.42 Å². The maximum absolute atomic E-state index is 12.9. The molecule has 1 aliphatic heterocycles. The quantitative estimate of drug-likeness (QED) is 0.894. The normalized spacial score (nSPS) is 20.6. The number of sulfonamides is 1. The lowest BCUT2D eigenvalue weighted by Crippen LogP contribution is -2.43. The van der Waals surface area contributed by atoms with Crippen molar-refractivity contribution >= 4 is 10.0 Å². The molecule has 1 saturated heterocycles. The van der Waals surface area contributed by atoms with Gasteiger partial charge in [-0.05, 0) is 36.5 Å². The lowest BCUT2D eigenvalue weighted by atomic mass is 10.1. The molecule has 0 spiro atoms. The number of hydrogen-bond acceptors (Lipinski definition) is 4. The van der Waals surface area contributed by atoms with Gasteiger partial charge < -0.3 is 10.5 Å². The van der Waals surface area contributed by atoms with Crippen molar-refractivity contribution in [3.63, 3.8) is 0 Å². The molecule has 2 N–H and O–H groups in total. The molecule has 6 heteroatoms. The summed E-state index contributed by atoms with van der Waals surface area (Å²) in [5.41, 5.74) is 7.33. The highest BCUT2D eigenvalue weighted by atomic mass is 32.2. The lowest BCUT2D eigenvalue weighted by molar-refractivity contribution is 0.0571. The number of rotatable bonds is 5. The van der Waals surface area contributed by atoms with Crippen LogP contribution in [-0.2, 0) is 27.7 Å². The molecule has 1 aromatic rings. The van der Waals surface area contributed by atoms with Crippen LogP contribution < -0.4 is 5.73 Å². The molecule has 1 atom stereocenters. The summed E-state index contributed by atoms with van der Waals surface area (Å²) in [7, 11) is -1.85. The van der Waals surface area contributed by atoms with Gasteiger partial charge in [-0.1, -0.05) is 19.1 Å². The Labute approximate surface area is 127 Å². The first-order valence-electron chi connectivity index (χ1n) is 7.37. The summed E-state index contributed by atoms with van der Waals surface area (Å²) in [6.07, 6.45) is 2.40. The number of benzene rings is 1. The predicted molar refractivity (Wildman–Crippen MR) is 82.5 cm³/mol. The van der Waals surface area contributed by atoms with Crippen LogP contribution in [0, 0.1) is 0 Å². The molecule has 1 aromatic carbocycles. The van der Waals surface area contributed by atoms with Crippen molar-refractivity contribution in [3.8, 4) is 0 Å². The number of piperidine rings is 1. The van der Waals surface area contributed by atoms with Crippen molar-refractivity contribution in [2.45, 2.75) is 43.7 Å². The van der Waals surface area contributed by atoms with Crippen LogP contribution in [0.2, 0.25) is 0 Å². The second kappa shape index (κ2) is 6.87. The van der Waals surface area contributed by atoms with E-state index < -0.39 is 10.0 Å². The molecular formula is C15H24N2O3S. The second-order valence-corrected chi connectivity index (χ2v) is 7.27. The Morgan fingerprint density at radius 1 is 1.43 bits per heavy atom. The Morgan fingerprint density at radius 3 is 2.81 bits per heavy atom. The number of nitrogens with zero attached hydrogens (tertiary/aromatic N) is 1. The fourth-order valence-corrected chi connectivity index (χ4v) is 4.57. The molecule has 0 radical (unpaired) electrons. The van der Waals surface area contributed by atoms with Crippen LogP contribution in [0.5, 0.6) is 0 Å². The van der Waals surface area contributed by atoms with Crippen LogP contribution in [0.3, 0.4) is 0 Å². The van der Waals surface area contributed by atoms with Crippen molar-refractivity contribution in [2.75, 3.05) is 20.2 Å². The molecule has 0 aromatic heterocycles. The molecule has 118 valence electrons. The summed E-state index contributed by atoms with van der Waals surface area (Å²) in [4.78, 5) is 0.393. The Balaban J connectivity index is 2.38. The van der Waals surface area contributed by atoms with Crippen LogP contribution in [-0.4, -0.2) is 39.0 Å². The molecule has 0 aliphatic carbocycles. The van der Waals surface area contributed by atoms with E-state index >= 15 is 0 Å². The molecule has 0 bridgehead atoms. The van der Waals surface area contributed by atoms with E-state index in [9.17, 15) is 8.42 Å². The van der Waals surface area contributed by atoms with E-state index in [4.69, 9.17) is 10.5 Å². The average molecular weight is 312 g/mol. The van der Waals surface area contributed by atoms with Gasteiger partial charge in [0.2, 0.25) is 10.0 Å². The van der Waals surface area contributed by atoms with Crippen LogP contribution in [0.4, 0.5) is 0 Å². The molecule has 1 aliphatic rings. The summed E-state index contributed by atoms with van der Waals surface area (Å²) >= 11 is 0. The number of aryl methyl sites for hydroxylation is 1. The average Bonchev–Trinajstić information content (AvgIpc) is 2.54. The van der Waals surface area contributed by atoms with E-state index in [-0.39, 0.29) is 6.10 Å². The SMILES string of the molecule is CCc1ccc(CN)cc1S(=O)(=O)N1CCCC(OC)C1. The Kier molecular flexibility index (Phi) is 5.37. The number of nitrogens with two attached hydrogens (primary N) is 1. The Hall–Kier alpha value is -0.950. The molecule has 21 heavy (non-hydrogen) atoms. The third kappa shape index (κ3) is 3.45. The lowest BCUT2D eigenvalue weighted by Gasteiger charge is -2.31. The minimum absolute atomic E-state index is 0.0173. The Morgan fingerprint density at radius 2 is 2.19 bits per heavy atom. The highest BCUT2D eigenvalue weighted by molar-refractivity contribution is 7.89. The van der Waals surface area contributed by atoms with Crippen LogP contribution in [0.25, 0.3) is 0 Å². The zero-order chi connectivity index (χ0) is 15.5. The molecule has 5 nitrogen and oxygen atoms in total. The van der Waals surface area contributed by atoms with Gasteiger partial charge in [-0.15, -0.1) is 0 Å². The van der Waals surface area contributed by atoms with E-state index in [1.807, 2.05) is 19.1 Å². The van der Waals surface area contributed by atoms with Crippen molar-refractivity contribution in [1.29, 1.82) is 0 Å². The van der Waals surface area contributed by atoms with E-state index in [0.717, 1.165) is 24.0 Å². The van der Waals surface area contributed by atoms with Gasteiger partial charge in [-0.2, -0.15) is 4.31 Å². The molecule has 1 heterocycles. The molecule has 1 unspecified atom stereocenters. The van der Waals surface area contributed by atoms with E-state index in [1.165, 1.54) is 0 Å². The largest absolute Gasteiger partial charge is 0.380 e. The first kappa shape index (κ1) is 16.4. The number of methoxy groups -OCH3 is 1. The minimum atomic E-state index is -3.48. The first-order chi connectivity index (χ1) is 10.0. The van der Waals surface area contributed by atoms with Gasteiger partial charge in [0.1, 0.15) is 0 Å². The Bertz CT molecular complexity index is 587. The molecule has 0 amide bonds. The summed E-state index contributed by atoms with van der Waals surface area (Å²) in [6, 6.07) is 5.48. The fraction of sp³-hybridized carbons (Fsp3) is 0.600. The summed E-state index contributed by atoms with van der Waals surface area (Å²) in [6.45, 7) is 3.28. The minimum Gasteiger partial charge on any atom is -0.380 e. The van der Waals surface area contributed by atoms with Crippen molar-refractivity contribution < 1.29 is 13.2 Å². The maximum Gasteiger partial charge on any atom is 0.243 e. The van der Waals surface area contributed by atoms with Crippen molar-refractivity contribution in [3.05, 3.63) is 29.3 Å². The third-order valence-corrected chi connectivity index (χ3v) is 5.99. The highest BCUT2D eigenvalue weighted by Gasteiger charge is 2.31. The van der Waals surface area contributed by atoms with E-state index in [1.54, 1.807) is 17.5 Å². The smallest absolute Gasteiger partial charge is 0.243 e. The van der Waals surface area contributed by atoms with Crippen molar-refractivity contribution in [2.24, 2.45) is 5.73 Å². The summed E-state index contributed by atoms with van der Waals surface area (Å²) in [5, 5.41) is 0. The van der Waals surface area contributed by atoms with Crippen molar-refractivity contribution in [1.82, 2.24) is 4.31 Å². The van der Waals surface area contributed by atoms with Gasteiger partial charge in [0.15, 0.2) is 0 Å². The van der Waals surface area contributed by atoms with Crippen LogP contribution in [0.1, 0.15) is 30.9 Å². The highest BCUT2D eigenvalue weighted by Crippen LogP contribution is 2.25.